The molecule has 5 nitrogen and oxygen atoms in total. The van der Waals surface area contributed by atoms with Crippen LogP contribution in [0.2, 0.25) is 0 Å². The Kier molecular flexibility index (Phi) is 4.28. The van der Waals surface area contributed by atoms with E-state index in [1.54, 1.807) is 31.2 Å². The van der Waals surface area contributed by atoms with Crippen molar-refractivity contribution in [2.75, 3.05) is 6.61 Å². The molecule has 2 unspecified atom stereocenters. The smallest absolute Gasteiger partial charge is 0.323 e. The van der Waals surface area contributed by atoms with Crippen LogP contribution in [0.3, 0.4) is 0 Å². The first-order valence-electron chi connectivity index (χ1n) is 4.96. The zero-order valence-corrected chi connectivity index (χ0v) is 8.96. The molecule has 0 aromatic heterocycles. The molecule has 0 aliphatic rings. The van der Waals surface area contributed by atoms with Crippen LogP contribution in [0.15, 0.2) is 24.3 Å². The summed E-state index contributed by atoms with van der Waals surface area (Å²) < 4.78 is 5.28. The molecule has 0 radical (unpaired) electrons. The van der Waals surface area contributed by atoms with Gasteiger partial charge < -0.3 is 20.7 Å². The van der Waals surface area contributed by atoms with E-state index in [4.69, 9.17) is 15.6 Å². The first kappa shape index (κ1) is 12.5. The van der Waals surface area contributed by atoms with Gasteiger partial charge in [-0.2, -0.15) is 0 Å². The maximum absolute atomic E-state index is 10.7. The molecule has 0 saturated carbocycles. The number of carbonyl (C=O) groups is 1. The number of hydrogen-bond donors (Lipinski definition) is 3. The van der Waals surface area contributed by atoms with Crippen molar-refractivity contribution in [1.82, 2.24) is 0 Å². The number of benzene rings is 1. The lowest BCUT2D eigenvalue weighted by molar-refractivity contribution is -0.141. The zero-order chi connectivity index (χ0) is 12.1. The van der Waals surface area contributed by atoms with Crippen LogP contribution in [0.5, 0.6) is 5.75 Å². The quantitative estimate of drug-likeness (QED) is 0.679. The van der Waals surface area contributed by atoms with Crippen molar-refractivity contribution in [2.24, 2.45) is 5.73 Å². The fourth-order valence-electron chi connectivity index (χ4n) is 1.34. The third-order valence-corrected chi connectivity index (χ3v) is 2.16. The Morgan fingerprint density at radius 2 is 2.12 bits per heavy atom. The first-order valence-corrected chi connectivity index (χ1v) is 4.96. The Bertz CT molecular complexity index is 367. The van der Waals surface area contributed by atoms with Crippen LogP contribution in [-0.2, 0) is 4.79 Å². The van der Waals surface area contributed by atoms with Gasteiger partial charge in [0.1, 0.15) is 17.9 Å². The van der Waals surface area contributed by atoms with E-state index in [0.29, 0.717) is 17.9 Å². The lowest BCUT2D eigenvalue weighted by atomic mass is 10.0. The molecule has 2 atom stereocenters. The van der Waals surface area contributed by atoms with E-state index in [2.05, 4.69) is 0 Å². The Hall–Kier alpha value is -1.59. The topological polar surface area (TPSA) is 92.8 Å². The molecule has 1 aromatic rings. The molecule has 1 aromatic carbocycles. The summed E-state index contributed by atoms with van der Waals surface area (Å²) in [6.45, 7) is 2.24. The molecule has 0 aliphatic heterocycles. The molecule has 5 heteroatoms. The summed E-state index contributed by atoms with van der Waals surface area (Å²) in [5.74, 6) is -0.798. The molecule has 0 heterocycles. The van der Waals surface area contributed by atoms with Crippen LogP contribution in [0, 0.1) is 0 Å². The van der Waals surface area contributed by atoms with Crippen LogP contribution in [0.4, 0.5) is 0 Å². The molecule has 0 fully saturated rings. The summed E-state index contributed by atoms with van der Waals surface area (Å²) in [5.41, 5.74) is 5.74. The summed E-state index contributed by atoms with van der Waals surface area (Å²) in [6.07, 6.45) is -1.28. The highest BCUT2D eigenvalue weighted by molar-refractivity contribution is 5.74. The molecule has 0 saturated heterocycles. The van der Waals surface area contributed by atoms with Gasteiger partial charge >= 0.3 is 5.97 Å². The third-order valence-electron chi connectivity index (χ3n) is 2.16. The van der Waals surface area contributed by atoms with Crippen molar-refractivity contribution in [3.05, 3.63) is 29.8 Å². The number of carboxylic acids is 1. The number of ether oxygens (including phenoxy) is 1. The molecular formula is C11H15NO4. The average Bonchev–Trinajstić information content (AvgIpc) is 2.28. The number of aliphatic hydroxyl groups excluding tert-OH is 1. The van der Waals surface area contributed by atoms with E-state index in [9.17, 15) is 9.90 Å². The van der Waals surface area contributed by atoms with E-state index in [-0.39, 0.29) is 0 Å². The Morgan fingerprint density at radius 1 is 1.50 bits per heavy atom. The fraction of sp³-hybridized carbons (Fsp3) is 0.364. The highest BCUT2D eigenvalue weighted by atomic mass is 16.5. The highest BCUT2D eigenvalue weighted by Gasteiger charge is 2.25. The molecule has 4 N–H and O–H groups in total. The Morgan fingerprint density at radius 3 is 2.69 bits per heavy atom. The van der Waals surface area contributed by atoms with Crippen LogP contribution < -0.4 is 10.5 Å². The molecule has 0 bridgehead atoms. The Labute approximate surface area is 93.5 Å². The van der Waals surface area contributed by atoms with Gasteiger partial charge in [-0.1, -0.05) is 18.2 Å². The summed E-state index contributed by atoms with van der Waals surface area (Å²) in [7, 11) is 0. The maximum atomic E-state index is 10.7. The van der Waals surface area contributed by atoms with Crippen LogP contribution >= 0.6 is 0 Å². The molecule has 88 valence electrons. The molecular weight excluding hydrogens is 210 g/mol. The predicted octanol–water partition coefficient (Wildman–Crippen LogP) is 0.531. The molecule has 0 amide bonds. The highest BCUT2D eigenvalue weighted by Crippen LogP contribution is 2.26. The summed E-state index contributed by atoms with van der Waals surface area (Å²) in [6, 6.07) is 5.33. The SMILES string of the molecule is CCOc1ccccc1C(O)C(N)C(=O)O. The van der Waals surface area contributed by atoms with Crippen LogP contribution in [-0.4, -0.2) is 28.8 Å². The van der Waals surface area contributed by atoms with E-state index in [1.807, 2.05) is 0 Å². The minimum absolute atomic E-state index is 0.388. The summed E-state index contributed by atoms with van der Waals surface area (Å²) >= 11 is 0. The van der Waals surface area contributed by atoms with E-state index in [0.717, 1.165) is 0 Å². The van der Waals surface area contributed by atoms with Crippen molar-refractivity contribution in [3.8, 4) is 5.75 Å². The lowest BCUT2D eigenvalue weighted by Crippen LogP contribution is -2.36. The lowest BCUT2D eigenvalue weighted by Gasteiger charge is -2.18. The second-order valence-electron chi connectivity index (χ2n) is 3.28. The van der Waals surface area contributed by atoms with Crippen LogP contribution in [0.25, 0.3) is 0 Å². The number of aliphatic hydroxyl groups is 1. The molecule has 1 rings (SSSR count). The normalized spacial score (nSPS) is 14.2. The molecule has 16 heavy (non-hydrogen) atoms. The minimum Gasteiger partial charge on any atom is -0.493 e. The summed E-state index contributed by atoms with van der Waals surface area (Å²) in [5, 5.41) is 18.5. The van der Waals surface area contributed by atoms with Crippen molar-refractivity contribution in [2.45, 2.75) is 19.1 Å². The van der Waals surface area contributed by atoms with Gasteiger partial charge in [-0.05, 0) is 13.0 Å². The second kappa shape index (κ2) is 5.48. The number of para-hydroxylation sites is 1. The van der Waals surface area contributed by atoms with Crippen molar-refractivity contribution < 1.29 is 19.7 Å². The van der Waals surface area contributed by atoms with Crippen molar-refractivity contribution in [3.63, 3.8) is 0 Å². The number of carboxylic acid groups (broad SMARTS) is 1. The van der Waals surface area contributed by atoms with Gasteiger partial charge in [-0.15, -0.1) is 0 Å². The maximum Gasteiger partial charge on any atom is 0.323 e. The van der Waals surface area contributed by atoms with Gasteiger partial charge in [0.15, 0.2) is 0 Å². The van der Waals surface area contributed by atoms with Gasteiger partial charge in [0.25, 0.3) is 0 Å². The first-order chi connectivity index (χ1) is 7.57. The number of hydrogen-bond acceptors (Lipinski definition) is 4. The monoisotopic (exact) mass is 225 g/mol. The average molecular weight is 225 g/mol. The van der Waals surface area contributed by atoms with E-state index < -0.39 is 18.1 Å². The van der Waals surface area contributed by atoms with Gasteiger partial charge in [-0.3, -0.25) is 4.79 Å². The van der Waals surface area contributed by atoms with Gasteiger partial charge in [0.2, 0.25) is 0 Å². The van der Waals surface area contributed by atoms with Crippen LogP contribution in [0.1, 0.15) is 18.6 Å². The van der Waals surface area contributed by atoms with E-state index in [1.165, 1.54) is 0 Å². The molecule has 0 spiro atoms. The zero-order valence-electron chi connectivity index (χ0n) is 8.96. The van der Waals surface area contributed by atoms with E-state index >= 15 is 0 Å². The largest absolute Gasteiger partial charge is 0.493 e. The minimum atomic E-state index is -1.36. The number of nitrogens with two attached hydrogens (primary N) is 1. The Balaban J connectivity index is 2.97. The van der Waals surface area contributed by atoms with Gasteiger partial charge in [-0.25, -0.2) is 0 Å². The predicted molar refractivity (Wildman–Crippen MR) is 58.2 cm³/mol. The van der Waals surface area contributed by atoms with Crippen molar-refractivity contribution >= 4 is 5.97 Å². The number of rotatable bonds is 5. The third kappa shape index (κ3) is 2.71. The van der Waals surface area contributed by atoms with Crippen molar-refractivity contribution in [1.29, 1.82) is 0 Å². The molecule has 0 aliphatic carbocycles. The van der Waals surface area contributed by atoms with Gasteiger partial charge in [0, 0.05) is 5.56 Å². The van der Waals surface area contributed by atoms with Gasteiger partial charge in [0.05, 0.1) is 6.61 Å². The second-order valence-corrected chi connectivity index (χ2v) is 3.28. The fourth-order valence-corrected chi connectivity index (χ4v) is 1.34. The summed E-state index contributed by atoms with van der Waals surface area (Å²) in [4.78, 5) is 10.7. The standard InChI is InChI=1S/C11H15NO4/c1-2-16-8-6-4-3-5-7(8)10(13)9(12)11(14)15/h3-6,9-10,13H,2,12H2,1H3,(H,14,15). The number of aliphatic carboxylic acids is 1.